The van der Waals surface area contributed by atoms with Gasteiger partial charge >= 0.3 is 0 Å². The quantitative estimate of drug-likeness (QED) is 0.675. The zero-order valence-corrected chi connectivity index (χ0v) is 12.2. The highest BCUT2D eigenvalue weighted by molar-refractivity contribution is 5.76. The van der Waals surface area contributed by atoms with Gasteiger partial charge in [0.2, 0.25) is 5.91 Å². The van der Waals surface area contributed by atoms with E-state index in [9.17, 15) is 4.79 Å². The molecular formula is C15H30N2O. The highest BCUT2D eigenvalue weighted by Gasteiger charge is 2.18. The summed E-state index contributed by atoms with van der Waals surface area (Å²) >= 11 is 0. The van der Waals surface area contributed by atoms with Crippen LogP contribution in [0.2, 0.25) is 0 Å². The molecule has 1 atom stereocenters. The maximum atomic E-state index is 12.1. The molecule has 0 bridgehead atoms. The van der Waals surface area contributed by atoms with E-state index in [-0.39, 0.29) is 0 Å². The van der Waals surface area contributed by atoms with E-state index in [1.54, 1.807) is 0 Å². The summed E-state index contributed by atoms with van der Waals surface area (Å²) in [6.07, 6.45) is 9.29. The van der Waals surface area contributed by atoms with Crippen LogP contribution in [0.15, 0.2) is 0 Å². The molecule has 3 nitrogen and oxygen atoms in total. The molecule has 0 saturated carbocycles. The van der Waals surface area contributed by atoms with Crippen LogP contribution in [0.5, 0.6) is 0 Å². The number of amides is 1. The fraction of sp³-hybridized carbons (Fsp3) is 0.933. The van der Waals surface area contributed by atoms with Crippen molar-refractivity contribution >= 4 is 5.91 Å². The number of carbonyl (C=O) groups excluding carboxylic acids is 1. The van der Waals surface area contributed by atoms with Gasteiger partial charge in [0.25, 0.3) is 0 Å². The molecule has 1 saturated heterocycles. The summed E-state index contributed by atoms with van der Waals surface area (Å²) in [5, 5.41) is 3.52. The van der Waals surface area contributed by atoms with Crippen molar-refractivity contribution in [2.24, 2.45) is 0 Å². The lowest BCUT2D eigenvalue weighted by molar-refractivity contribution is -0.131. The minimum atomic E-state index is 0.348. The van der Waals surface area contributed by atoms with Crippen LogP contribution in [0.1, 0.15) is 65.2 Å². The number of hydrogen-bond donors (Lipinski definition) is 1. The van der Waals surface area contributed by atoms with E-state index in [0.29, 0.717) is 11.9 Å². The SMILES string of the molecule is CCCCCCC(=O)N(CC)CC1CCCCN1. The van der Waals surface area contributed by atoms with Crippen LogP contribution in [0.25, 0.3) is 0 Å². The zero-order chi connectivity index (χ0) is 13.2. The van der Waals surface area contributed by atoms with E-state index >= 15 is 0 Å². The van der Waals surface area contributed by atoms with E-state index in [1.165, 1.54) is 38.5 Å². The minimum Gasteiger partial charge on any atom is -0.341 e. The Morgan fingerprint density at radius 1 is 1.22 bits per heavy atom. The fourth-order valence-electron chi connectivity index (χ4n) is 2.61. The average molecular weight is 254 g/mol. The molecule has 0 spiro atoms. The molecule has 1 rings (SSSR count). The summed E-state index contributed by atoms with van der Waals surface area (Å²) < 4.78 is 0. The molecule has 1 amide bonds. The number of unbranched alkanes of at least 4 members (excludes halogenated alkanes) is 3. The van der Waals surface area contributed by atoms with Crippen LogP contribution < -0.4 is 5.32 Å². The van der Waals surface area contributed by atoms with Crippen molar-refractivity contribution in [1.29, 1.82) is 0 Å². The first kappa shape index (κ1) is 15.5. The summed E-state index contributed by atoms with van der Waals surface area (Å²) in [5.74, 6) is 0.348. The molecule has 0 aromatic carbocycles. The van der Waals surface area contributed by atoms with Gasteiger partial charge in [-0.15, -0.1) is 0 Å². The third-order valence-corrected chi connectivity index (χ3v) is 3.83. The summed E-state index contributed by atoms with van der Waals surface area (Å²) in [5.41, 5.74) is 0. The molecular weight excluding hydrogens is 224 g/mol. The van der Waals surface area contributed by atoms with Gasteiger partial charge in [0.15, 0.2) is 0 Å². The number of nitrogens with zero attached hydrogens (tertiary/aromatic N) is 1. The molecule has 3 heteroatoms. The van der Waals surface area contributed by atoms with E-state index in [2.05, 4.69) is 19.2 Å². The Bertz CT molecular complexity index is 225. The Morgan fingerprint density at radius 3 is 2.67 bits per heavy atom. The van der Waals surface area contributed by atoms with Crippen LogP contribution in [0, 0.1) is 0 Å². The number of hydrogen-bond acceptors (Lipinski definition) is 2. The van der Waals surface area contributed by atoms with Crippen molar-refractivity contribution in [3.8, 4) is 0 Å². The van der Waals surface area contributed by atoms with Crippen LogP contribution >= 0.6 is 0 Å². The molecule has 1 aliphatic rings. The van der Waals surface area contributed by atoms with Gasteiger partial charge in [-0.2, -0.15) is 0 Å². The van der Waals surface area contributed by atoms with Crippen molar-refractivity contribution in [1.82, 2.24) is 10.2 Å². The van der Waals surface area contributed by atoms with Crippen LogP contribution in [0.3, 0.4) is 0 Å². The second-order valence-corrected chi connectivity index (χ2v) is 5.39. The number of rotatable bonds is 8. The fourth-order valence-corrected chi connectivity index (χ4v) is 2.61. The number of nitrogens with one attached hydrogen (secondary N) is 1. The van der Waals surface area contributed by atoms with Gasteiger partial charge in [-0.05, 0) is 32.7 Å². The lowest BCUT2D eigenvalue weighted by Gasteiger charge is -2.30. The number of likely N-dealkylation sites (N-methyl/N-ethyl adjacent to an activating group) is 1. The van der Waals surface area contributed by atoms with Crippen molar-refractivity contribution in [2.75, 3.05) is 19.6 Å². The highest BCUT2D eigenvalue weighted by Crippen LogP contribution is 2.10. The van der Waals surface area contributed by atoms with Crippen LogP contribution in [0.4, 0.5) is 0 Å². The summed E-state index contributed by atoms with van der Waals surface area (Å²) in [6.45, 7) is 7.17. The largest absolute Gasteiger partial charge is 0.341 e. The van der Waals surface area contributed by atoms with Gasteiger partial charge in [-0.3, -0.25) is 4.79 Å². The first-order valence-corrected chi connectivity index (χ1v) is 7.79. The summed E-state index contributed by atoms with van der Waals surface area (Å²) in [7, 11) is 0. The Balaban J connectivity index is 2.23. The van der Waals surface area contributed by atoms with Gasteiger partial charge in [-0.1, -0.05) is 32.6 Å². The molecule has 0 aromatic heterocycles. The highest BCUT2D eigenvalue weighted by atomic mass is 16.2. The summed E-state index contributed by atoms with van der Waals surface area (Å²) in [6, 6.07) is 0.526. The van der Waals surface area contributed by atoms with Crippen LogP contribution in [-0.4, -0.2) is 36.5 Å². The lowest BCUT2D eigenvalue weighted by Crippen LogP contribution is -2.45. The Morgan fingerprint density at radius 2 is 2.06 bits per heavy atom. The molecule has 18 heavy (non-hydrogen) atoms. The van der Waals surface area contributed by atoms with E-state index in [1.807, 2.05) is 4.90 Å². The molecule has 1 heterocycles. The molecule has 1 fully saturated rings. The third-order valence-electron chi connectivity index (χ3n) is 3.83. The first-order valence-electron chi connectivity index (χ1n) is 7.79. The average Bonchev–Trinajstić information content (AvgIpc) is 2.42. The first-order chi connectivity index (χ1) is 8.77. The van der Waals surface area contributed by atoms with Gasteiger partial charge in [0, 0.05) is 25.6 Å². The lowest BCUT2D eigenvalue weighted by atomic mass is 10.0. The molecule has 0 radical (unpaired) electrons. The molecule has 1 N–H and O–H groups in total. The predicted molar refractivity (Wildman–Crippen MR) is 76.7 cm³/mol. The molecule has 0 aliphatic carbocycles. The Kier molecular flexibility index (Phi) is 8.06. The van der Waals surface area contributed by atoms with E-state index in [4.69, 9.17) is 0 Å². The molecule has 106 valence electrons. The van der Waals surface area contributed by atoms with Crippen LogP contribution in [-0.2, 0) is 4.79 Å². The van der Waals surface area contributed by atoms with E-state index in [0.717, 1.165) is 32.5 Å². The van der Waals surface area contributed by atoms with Gasteiger partial charge in [0.05, 0.1) is 0 Å². The molecule has 1 unspecified atom stereocenters. The normalized spacial score (nSPS) is 19.8. The van der Waals surface area contributed by atoms with Gasteiger partial charge in [0.1, 0.15) is 0 Å². The second-order valence-electron chi connectivity index (χ2n) is 5.39. The molecule has 1 aliphatic heterocycles. The summed E-state index contributed by atoms with van der Waals surface area (Å²) in [4.78, 5) is 14.1. The zero-order valence-electron chi connectivity index (χ0n) is 12.2. The number of carbonyl (C=O) groups is 1. The monoisotopic (exact) mass is 254 g/mol. The van der Waals surface area contributed by atoms with Gasteiger partial charge in [-0.25, -0.2) is 0 Å². The Labute approximate surface area is 112 Å². The smallest absolute Gasteiger partial charge is 0.222 e. The van der Waals surface area contributed by atoms with Crippen molar-refractivity contribution in [3.05, 3.63) is 0 Å². The minimum absolute atomic E-state index is 0.348. The maximum absolute atomic E-state index is 12.1. The molecule has 0 aromatic rings. The van der Waals surface area contributed by atoms with Crippen molar-refractivity contribution < 1.29 is 4.79 Å². The third kappa shape index (κ3) is 5.85. The maximum Gasteiger partial charge on any atom is 0.222 e. The van der Waals surface area contributed by atoms with E-state index < -0.39 is 0 Å². The Hall–Kier alpha value is -0.570. The topological polar surface area (TPSA) is 32.3 Å². The van der Waals surface area contributed by atoms with Crippen molar-refractivity contribution in [3.63, 3.8) is 0 Å². The second kappa shape index (κ2) is 9.37. The van der Waals surface area contributed by atoms with Gasteiger partial charge < -0.3 is 10.2 Å². The van der Waals surface area contributed by atoms with Crippen molar-refractivity contribution in [2.45, 2.75) is 71.3 Å². The standard InChI is InChI=1S/C15H30N2O/c1-3-5-6-7-11-15(18)17(4-2)13-14-10-8-9-12-16-14/h14,16H,3-13H2,1-2H3. The predicted octanol–water partition coefficient (Wildman–Crippen LogP) is 2.95. The number of piperidine rings is 1.